The summed E-state index contributed by atoms with van der Waals surface area (Å²) in [6.45, 7) is 1.90. The lowest BCUT2D eigenvalue weighted by molar-refractivity contribution is 0.169. The average Bonchev–Trinajstić information content (AvgIpc) is 2.43. The number of benzene rings is 1. The minimum atomic E-state index is -0.543. The van der Waals surface area contributed by atoms with Crippen LogP contribution in [0.5, 0.6) is 11.5 Å². The third kappa shape index (κ3) is 3.60. The number of rotatable bonds is 4. The van der Waals surface area contributed by atoms with E-state index in [9.17, 15) is 5.11 Å². The van der Waals surface area contributed by atoms with Crippen LogP contribution in [0.4, 0.5) is 0 Å². The standard InChI is InChI=1S/C14H13Cl2NO2/c1-2-14(18)13-6-4-10(8-17-13)19-9-3-5-11(15)12(16)7-9/h3-8,14,18H,2H2,1H3/t14-/m0/s1. The first kappa shape index (κ1) is 14.1. The zero-order valence-corrected chi connectivity index (χ0v) is 11.8. The molecule has 100 valence electrons. The molecule has 1 N–H and O–H groups in total. The molecule has 1 heterocycles. The van der Waals surface area contributed by atoms with Gasteiger partial charge >= 0.3 is 0 Å². The third-order valence-electron chi connectivity index (χ3n) is 2.61. The van der Waals surface area contributed by atoms with Gasteiger partial charge in [0.1, 0.15) is 11.5 Å². The van der Waals surface area contributed by atoms with Crippen LogP contribution >= 0.6 is 23.2 Å². The fourth-order valence-corrected chi connectivity index (χ4v) is 1.82. The molecule has 5 heteroatoms. The van der Waals surface area contributed by atoms with E-state index in [1.807, 2.05) is 6.92 Å². The summed E-state index contributed by atoms with van der Waals surface area (Å²) in [4.78, 5) is 4.15. The lowest BCUT2D eigenvalue weighted by Gasteiger charge is -2.09. The van der Waals surface area contributed by atoms with Crippen molar-refractivity contribution in [3.05, 3.63) is 52.3 Å². The fourth-order valence-electron chi connectivity index (χ4n) is 1.53. The molecule has 0 bridgehead atoms. The van der Waals surface area contributed by atoms with Gasteiger partial charge in [0, 0.05) is 6.07 Å². The molecular formula is C14H13Cl2NO2. The molecule has 0 aliphatic heterocycles. The molecule has 3 nitrogen and oxygen atoms in total. The molecule has 1 aromatic carbocycles. The molecule has 0 aliphatic carbocycles. The first-order valence-corrected chi connectivity index (χ1v) is 6.62. The Morgan fingerprint density at radius 1 is 1.16 bits per heavy atom. The normalized spacial score (nSPS) is 12.2. The lowest BCUT2D eigenvalue weighted by Crippen LogP contribution is -1.98. The second kappa shape index (κ2) is 6.24. The molecular weight excluding hydrogens is 285 g/mol. The Labute approximate surface area is 121 Å². The molecule has 0 unspecified atom stereocenters. The predicted molar refractivity (Wildman–Crippen MR) is 76.0 cm³/mol. The molecule has 2 rings (SSSR count). The minimum Gasteiger partial charge on any atom is -0.456 e. The zero-order chi connectivity index (χ0) is 13.8. The fraction of sp³-hybridized carbons (Fsp3) is 0.214. The van der Waals surface area contributed by atoms with Crippen LogP contribution in [0.1, 0.15) is 25.1 Å². The topological polar surface area (TPSA) is 42.4 Å². The minimum absolute atomic E-state index is 0.435. The molecule has 2 aromatic rings. The maximum absolute atomic E-state index is 9.64. The number of ether oxygens (including phenoxy) is 1. The van der Waals surface area contributed by atoms with E-state index < -0.39 is 6.10 Å². The van der Waals surface area contributed by atoms with Crippen LogP contribution in [-0.2, 0) is 0 Å². The van der Waals surface area contributed by atoms with E-state index in [4.69, 9.17) is 27.9 Å². The number of aliphatic hydroxyl groups is 1. The summed E-state index contributed by atoms with van der Waals surface area (Å²) in [5.41, 5.74) is 0.629. The third-order valence-corrected chi connectivity index (χ3v) is 3.35. The molecule has 0 amide bonds. The van der Waals surface area contributed by atoms with E-state index >= 15 is 0 Å². The molecule has 1 aromatic heterocycles. The largest absolute Gasteiger partial charge is 0.456 e. The highest BCUT2D eigenvalue weighted by Gasteiger charge is 2.07. The maximum Gasteiger partial charge on any atom is 0.145 e. The van der Waals surface area contributed by atoms with Crippen LogP contribution in [0.2, 0.25) is 10.0 Å². The average molecular weight is 298 g/mol. The van der Waals surface area contributed by atoms with Gasteiger partial charge in [-0.25, -0.2) is 0 Å². The van der Waals surface area contributed by atoms with Crippen LogP contribution < -0.4 is 4.74 Å². The van der Waals surface area contributed by atoms with Gasteiger partial charge in [0.15, 0.2) is 0 Å². The van der Waals surface area contributed by atoms with E-state index in [-0.39, 0.29) is 0 Å². The number of aromatic nitrogens is 1. The van der Waals surface area contributed by atoms with E-state index in [1.165, 1.54) is 0 Å². The van der Waals surface area contributed by atoms with Crippen molar-refractivity contribution in [2.24, 2.45) is 0 Å². The van der Waals surface area contributed by atoms with E-state index in [0.29, 0.717) is 33.7 Å². The van der Waals surface area contributed by atoms with Crippen molar-refractivity contribution in [3.63, 3.8) is 0 Å². The molecule has 0 saturated carbocycles. The maximum atomic E-state index is 9.64. The molecule has 1 atom stereocenters. The van der Waals surface area contributed by atoms with Gasteiger partial charge in [-0.15, -0.1) is 0 Å². The van der Waals surface area contributed by atoms with E-state index in [0.717, 1.165) is 0 Å². The van der Waals surface area contributed by atoms with Crippen molar-refractivity contribution < 1.29 is 9.84 Å². The van der Waals surface area contributed by atoms with Crippen LogP contribution in [0.3, 0.4) is 0 Å². The summed E-state index contributed by atoms with van der Waals surface area (Å²) in [6, 6.07) is 8.52. The van der Waals surface area contributed by atoms with E-state index in [2.05, 4.69) is 4.98 Å². The van der Waals surface area contributed by atoms with Gasteiger partial charge in [-0.3, -0.25) is 4.98 Å². The molecule has 0 aliphatic rings. The Morgan fingerprint density at radius 2 is 1.89 bits per heavy atom. The summed E-state index contributed by atoms with van der Waals surface area (Å²) in [5.74, 6) is 1.16. The first-order chi connectivity index (χ1) is 9.10. The second-order valence-electron chi connectivity index (χ2n) is 4.02. The van der Waals surface area contributed by atoms with Crippen LogP contribution in [0, 0.1) is 0 Å². The number of hydrogen-bond donors (Lipinski definition) is 1. The molecule has 0 saturated heterocycles. The van der Waals surface area contributed by atoms with Gasteiger partial charge in [0.2, 0.25) is 0 Å². The lowest BCUT2D eigenvalue weighted by atomic mass is 10.2. The highest BCUT2D eigenvalue weighted by Crippen LogP contribution is 2.29. The Bertz CT molecular complexity index is 558. The monoisotopic (exact) mass is 297 g/mol. The molecule has 0 spiro atoms. The summed E-state index contributed by atoms with van der Waals surface area (Å²) < 4.78 is 5.60. The number of hydrogen-bond acceptors (Lipinski definition) is 3. The summed E-state index contributed by atoms with van der Waals surface area (Å²) in [6.07, 6.45) is 1.65. The van der Waals surface area contributed by atoms with Crippen LogP contribution in [-0.4, -0.2) is 10.1 Å². The molecule has 0 fully saturated rings. The van der Waals surface area contributed by atoms with Crippen molar-refractivity contribution in [2.45, 2.75) is 19.4 Å². The van der Waals surface area contributed by atoms with Crippen LogP contribution in [0.15, 0.2) is 36.5 Å². The van der Waals surface area contributed by atoms with Crippen molar-refractivity contribution in [1.29, 1.82) is 0 Å². The van der Waals surface area contributed by atoms with Gasteiger partial charge in [-0.05, 0) is 30.7 Å². The van der Waals surface area contributed by atoms with Gasteiger partial charge in [-0.2, -0.15) is 0 Å². The van der Waals surface area contributed by atoms with Crippen molar-refractivity contribution in [3.8, 4) is 11.5 Å². The predicted octanol–water partition coefficient (Wildman–Crippen LogP) is 4.62. The Hall–Kier alpha value is -1.29. The number of nitrogens with zero attached hydrogens (tertiary/aromatic N) is 1. The first-order valence-electron chi connectivity index (χ1n) is 5.87. The quantitative estimate of drug-likeness (QED) is 0.895. The zero-order valence-electron chi connectivity index (χ0n) is 10.3. The van der Waals surface area contributed by atoms with Crippen molar-refractivity contribution in [1.82, 2.24) is 4.98 Å². The number of pyridine rings is 1. The number of halogens is 2. The van der Waals surface area contributed by atoms with Gasteiger partial charge < -0.3 is 9.84 Å². The van der Waals surface area contributed by atoms with Gasteiger partial charge in [0.25, 0.3) is 0 Å². The van der Waals surface area contributed by atoms with E-state index in [1.54, 1.807) is 36.5 Å². The molecule has 0 radical (unpaired) electrons. The van der Waals surface area contributed by atoms with Crippen molar-refractivity contribution in [2.75, 3.05) is 0 Å². The van der Waals surface area contributed by atoms with Gasteiger partial charge in [-0.1, -0.05) is 30.1 Å². The SMILES string of the molecule is CC[C@H](O)c1ccc(Oc2ccc(Cl)c(Cl)c2)cn1. The Kier molecular flexibility index (Phi) is 4.64. The van der Waals surface area contributed by atoms with Crippen molar-refractivity contribution >= 4 is 23.2 Å². The summed E-state index contributed by atoms with van der Waals surface area (Å²) in [5, 5.41) is 10.6. The van der Waals surface area contributed by atoms with Gasteiger partial charge in [0.05, 0.1) is 28.0 Å². The smallest absolute Gasteiger partial charge is 0.145 e. The molecule has 19 heavy (non-hydrogen) atoms. The Balaban J connectivity index is 2.12. The summed E-state index contributed by atoms with van der Waals surface area (Å²) >= 11 is 11.7. The highest BCUT2D eigenvalue weighted by atomic mass is 35.5. The Morgan fingerprint density at radius 3 is 2.47 bits per heavy atom. The highest BCUT2D eigenvalue weighted by molar-refractivity contribution is 6.42. The summed E-state index contributed by atoms with van der Waals surface area (Å²) in [7, 11) is 0. The second-order valence-corrected chi connectivity index (χ2v) is 4.84. The van der Waals surface area contributed by atoms with Crippen LogP contribution in [0.25, 0.3) is 0 Å². The number of aliphatic hydroxyl groups excluding tert-OH is 1.